The molecule has 1 aliphatic rings. The van der Waals surface area contributed by atoms with Gasteiger partial charge in [-0.2, -0.15) is 0 Å². The molecule has 5 nitrogen and oxygen atoms in total. The van der Waals surface area contributed by atoms with Gasteiger partial charge in [0, 0.05) is 48.1 Å². The van der Waals surface area contributed by atoms with Crippen LogP contribution in [0, 0.1) is 6.92 Å². The Labute approximate surface area is 156 Å². The average Bonchev–Trinajstić information content (AvgIpc) is 3.31. The van der Waals surface area contributed by atoms with Crippen LogP contribution in [0.3, 0.4) is 0 Å². The molecule has 1 N–H and O–H groups in total. The molecule has 5 rings (SSSR count). The number of hydrogen-bond acceptors (Lipinski definition) is 2. The van der Waals surface area contributed by atoms with Gasteiger partial charge in [-0.15, -0.1) is 0 Å². The molecule has 0 saturated carbocycles. The van der Waals surface area contributed by atoms with E-state index in [-0.39, 0.29) is 5.91 Å². The topological polar surface area (TPSA) is 53.4 Å². The lowest BCUT2D eigenvalue weighted by Crippen LogP contribution is -2.34. The molecule has 4 aromatic rings. The summed E-state index contributed by atoms with van der Waals surface area (Å²) in [7, 11) is 0. The standard InChI is InChI=1S/C22H20N4O/c1-15-6-9-26-14-20(24-21(26)12-15)22(27)25-10-7-16(8-11-25)18-13-23-19-5-3-2-4-17(18)19/h2-7,9,12-14,23H,8,10-11H2,1H3. The number of aromatic nitrogens is 3. The third kappa shape index (κ3) is 2.72. The first-order valence-electron chi connectivity index (χ1n) is 9.19. The predicted molar refractivity (Wildman–Crippen MR) is 107 cm³/mol. The number of pyridine rings is 1. The maximum absolute atomic E-state index is 12.9. The highest BCUT2D eigenvalue weighted by Crippen LogP contribution is 2.29. The molecule has 0 aliphatic carbocycles. The second-order valence-electron chi connectivity index (χ2n) is 7.07. The highest BCUT2D eigenvalue weighted by atomic mass is 16.2. The lowest BCUT2D eigenvalue weighted by Gasteiger charge is -2.25. The van der Waals surface area contributed by atoms with Crippen LogP contribution >= 0.6 is 0 Å². The fourth-order valence-corrected chi connectivity index (χ4v) is 3.78. The summed E-state index contributed by atoms with van der Waals surface area (Å²) in [5.74, 6) is -0.00872. The molecule has 1 aromatic carbocycles. The van der Waals surface area contributed by atoms with Crippen molar-refractivity contribution in [2.75, 3.05) is 13.1 Å². The maximum atomic E-state index is 12.9. The van der Waals surface area contributed by atoms with Gasteiger partial charge < -0.3 is 14.3 Å². The van der Waals surface area contributed by atoms with E-state index in [1.165, 1.54) is 16.5 Å². The van der Waals surface area contributed by atoms with Crippen LogP contribution in [0.15, 0.2) is 61.1 Å². The lowest BCUT2D eigenvalue weighted by atomic mass is 9.99. The third-order valence-corrected chi connectivity index (χ3v) is 5.27. The van der Waals surface area contributed by atoms with Gasteiger partial charge in [-0.25, -0.2) is 4.98 Å². The van der Waals surface area contributed by atoms with Crippen LogP contribution in [-0.2, 0) is 0 Å². The number of aromatic amines is 1. The van der Waals surface area contributed by atoms with Crippen LogP contribution < -0.4 is 0 Å². The molecular formula is C22H20N4O. The lowest BCUT2D eigenvalue weighted by molar-refractivity contribution is 0.0767. The fourth-order valence-electron chi connectivity index (χ4n) is 3.78. The zero-order valence-electron chi connectivity index (χ0n) is 15.1. The van der Waals surface area contributed by atoms with Crippen molar-refractivity contribution in [3.05, 3.63) is 77.9 Å². The van der Waals surface area contributed by atoms with Gasteiger partial charge in [0.1, 0.15) is 11.3 Å². The molecule has 5 heteroatoms. The van der Waals surface area contributed by atoms with Crippen molar-refractivity contribution >= 4 is 28.0 Å². The molecule has 27 heavy (non-hydrogen) atoms. The zero-order valence-corrected chi connectivity index (χ0v) is 15.1. The monoisotopic (exact) mass is 356 g/mol. The number of imidazole rings is 1. The molecule has 0 saturated heterocycles. The number of nitrogens with one attached hydrogen (secondary N) is 1. The van der Waals surface area contributed by atoms with Crippen molar-refractivity contribution in [1.29, 1.82) is 0 Å². The van der Waals surface area contributed by atoms with Gasteiger partial charge in [-0.1, -0.05) is 24.3 Å². The molecule has 0 radical (unpaired) electrons. The number of amides is 1. The van der Waals surface area contributed by atoms with Crippen LogP contribution in [-0.4, -0.2) is 38.3 Å². The number of hydrogen-bond donors (Lipinski definition) is 1. The number of nitrogens with zero attached hydrogens (tertiary/aromatic N) is 3. The summed E-state index contributed by atoms with van der Waals surface area (Å²) in [6.45, 7) is 3.34. The first-order chi connectivity index (χ1) is 13.2. The molecular weight excluding hydrogens is 336 g/mol. The zero-order chi connectivity index (χ0) is 18.4. The highest BCUT2D eigenvalue weighted by Gasteiger charge is 2.22. The summed E-state index contributed by atoms with van der Waals surface area (Å²) in [4.78, 5) is 22.6. The number of rotatable bonds is 2. The Morgan fingerprint density at radius 1 is 1.22 bits per heavy atom. The molecule has 4 heterocycles. The first kappa shape index (κ1) is 15.9. The van der Waals surface area contributed by atoms with Crippen molar-refractivity contribution in [2.45, 2.75) is 13.3 Å². The van der Waals surface area contributed by atoms with Gasteiger partial charge in [0.15, 0.2) is 0 Å². The van der Waals surface area contributed by atoms with Crippen molar-refractivity contribution in [2.24, 2.45) is 0 Å². The SMILES string of the molecule is Cc1ccn2cc(C(=O)N3CC=C(c4c[nH]c5ccccc45)CC3)nc2c1. The van der Waals surface area contributed by atoms with E-state index >= 15 is 0 Å². The van der Waals surface area contributed by atoms with E-state index < -0.39 is 0 Å². The molecule has 1 aliphatic heterocycles. The summed E-state index contributed by atoms with van der Waals surface area (Å²) in [5.41, 5.74) is 6.13. The Morgan fingerprint density at radius 3 is 2.96 bits per heavy atom. The second-order valence-corrected chi connectivity index (χ2v) is 7.07. The Bertz CT molecular complexity index is 1200. The minimum atomic E-state index is -0.00872. The first-order valence-corrected chi connectivity index (χ1v) is 9.19. The maximum Gasteiger partial charge on any atom is 0.274 e. The van der Waals surface area contributed by atoms with E-state index in [0.29, 0.717) is 18.8 Å². The minimum Gasteiger partial charge on any atom is -0.361 e. The molecule has 0 spiro atoms. The van der Waals surface area contributed by atoms with Crippen LogP contribution in [0.25, 0.3) is 22.1 Å². The van der Waals surface area contributed by atoms with E-state index in [4.69, 9.17) is 0 Å². The van der Waals surface area contributed by atoms with E-state index in [2.05, 4.69) is 40.4 Å². The summed E-state index contributed by atoms with van der Waals surface area (Å²) in [5, 5.41) is 1.24. The number of carbonyl (C=O) groups excluding carboxylic acids is 1. The summed E-state index contributed by atoms with van der Waals surface area (Å²) >= 11 is 0. The van der Waals surface area contributed by atoms with Crippen molar-refractivity contribution in [1.82, 2.24) is 19.3 Å². The average molecular weight is 356 g/mol. The molecule has 0 fully saturated rings. The highest BCUT2D eigenvalue weighted by molar-refractivity contribution is 5.95. The normalized spacial score (nSPS) is 14.7. The number of H-pyrrole nitrogens is 1. The van der Waals surface area contributed by atoms with E-state index in [9.17, 15) is 4.79 Å². The molecule has 0 atom stereocenters. The Kier molecular flexibility index (Phi) is 3.60. The number of benzene rings is 1. The van der Waals surface area contributed by atoms with Gasteiger partial charge in [0.25, 0.3) is 5.91 Å². The predicted octanol–water partition coefficient (Wildman–Crippen LogP) is 4.05. The molecule has 134 valence electrons. The molecule has 0 unspecified atom stereocenters. The summed E-state index contributed by atoms with van der Waals surface area (Å²) < 4.78 is 1.90. The van der Waals surface area contributed by atoms with Gasteiger partial charge in [0.2, 0.25) is 0 Å². The third-order valence-electron chi connectivity index (χ3n) is 5.27. The van der Waals surface area contributed by atoms with Gasteiger partial charge in [-0.05, 0) is 42.7 Å². The summed E-state index contributed by atoms with van der Waals surface area (Å²) in [6.07, 6.45) is 8.84. The largest absolute Gasteiger partial charge is 0.361 e. The summed E-state index contributed by atoms with van der Waals surface area (Å²) in [6, 6.07) is 12.3. The Balaban J connectivity index is 1.39. The molecule has 3 aromatic heterocycles. The molecule has 0 bridgehead atoms. The van der Waals surface area contributed by atoms with Crippen LogP contribution in [0.5, 0.6) is 0 Å². The van der Waals surface area contributed by atoms with Crippen LogP contribution in [0.4, 0.5) is 0 Å². The number of aryl methyl sites for hydroxylation is 1. The van der Waals surface area contributed by atoms with Crippen molar-refractivity contribution < 1.29 is 4.79 Å². The quantitative estimate of drug-likeness (QED) is 0.589. The number of carbonyl (C=O) groups is 1. The van der Waals surface area contributed by atoms with Crippen molar-refractivity contribution in [3.63, 3.8) is 0 Å². The fraction of sp³-hybridized carbons (Fsp3) is 0.182. The van der Waals surface area contributed by atoms with Crippen LogP contribution in [0.2, 0.25) is 0 Å². The van der Waals surface area contributed by atoms with Crippen molar-refractivity contribution in [3.8, 4) is 0 Å². The second kappa shape index (κ2) is 6.13. The van der Waals surface area contributed by atoms with Gasteiger partial charge >= 0.3 is 0 Å². The Hall–Kier alpha value is -3.34. The van der Waals surface area contributed by atoms with E-state index in [1.807, 2.05) is 46.8 Å². The van der Waals surface area contributed by atoms with Crippen LogP contribution in [0.1, 0.15) is 28.0 Å². The Morgan fingerprint density at radius 2 is 2.11 bits per heavy atom. The van der Waals surface area contributed by atoms with E-state index in [1.54, 1.807) is 0 Å². The number of para-hydroxylation sites is 1. The van der Waals surface area contributed by atoms with E-state index in [0.717, 1.165) is 23.1 Å². The minimum absolute atomic E-state index is 0.00872. The smallest absolute Gasteiger partial charge is 0.274 e. The molecule has 1 amide bonds. The number of fused-ring (bicyclic) bond motifs is 2. The van der Waals surface area contributed by atoms with Gasteiger partial charge in [0.05, 0.1) is 0 Å². The van der Waals surface area contributed by atoms with Gasteiger partial charge in [-0.3, -0.25) is 4.79 Å².